The van der Waals surface area contributed by atoms with E-state index < -0.39 is 0 Å². The van der Waals surface area contributed by atoms with Crippen molar-refractivity contribution < 1.29 is 0 Å². The Morgan fingerprint density at radius 1 is 1.29 bits per heavy atom. The van der Waals surface area contributed by atoms with Crippen molar-refractivity contribution in [1.29, 1.82) is 0 Å². The third-order valence-corrected chi connectivity index (χ3v) is 2.71. The molecule has 0 aliphatic heterocycles. The van der Waals surface area contributed by atoms with Gasteiger partial charge in [0.15, 0.2) is 0 Å². The molecule has 0 atom stereocenters. The molecule has 0 saturated carbocycles. The summed E-state index contributed by atoms with van der Waals surface area (Å²) in [5, 5.41) is 0. The fourth-order valence-electron chi connectivity index (χ4n) is 1.84. The van der Waals surface area contributed by atoms with E-state index >= 15 is 0 Å². The molecule has 0 N–H and O–H groups in total. The highest BCUT2D eigenvalue weighted by Gasteiger charge is 2.06. The standard InChI is InChI=1S/C13H17N3O/c1-10(2)16-5-4-15(13(16)17)9-12-6-11(3)7-14-8-12/h4-8,10H,9H2,1-3H3. The molecule has 0 unspecified atom stereocenters. The zero-order chi connectivity index (χ0) is 12.4. The minimum Gasteiger partial charge on any atom is -0.297 e. The number of nitrogens with zero attached hydrogens (tertiary/aromatic N) is 3. The summed E-state index contributed by atoms with van der Waals surface area (Å²) in [6.07, 6.45) is 7.26. The fraction of sp³-hybridized carbons (Fsp3) is 0.385. The van der Waals surface area contributed by atoms with Crippen LogP contribution in [0.1, 0.15) is 31.0 Å². The maximum atomic E-state index is 12.0. The van der Waals surface area contributed by atoms with Gasteiger partial charge in [0.25, 0.3) is 0 Å². The van der Waals surface area contributed by atoms with Gasteiger partial charge in [0.1, 0.15) is 0 Å². The third-order valence-electron chi connectivity index (χ3n) is 2.71. The van der Waals surface area contributed by atoms with Crippen LogP contribution in [-0.2, 0) is 6.54 Å². The monoisotopic (exact) mass is 231 g/mol. The smallest absolute Gasteiger partial charge is 0.297 e. The quantitative estimate of drug-likeness (QED) is 0.810. The number of hydrogen-bond donors (Lipinski definition) is 0. The van der Waals surface area contributed by atoms with E-state index in [0.717, 1.165) is 11.1 Å². The second-order valence-electron chi connectivity index (χ2n) is 4.58. The van der Waals surface area contributed by atoms with Gasteiger partial charge in [-0.25, -0.2) is 4.79 Å². The van der Waals surface area contributed by atoms with E-state index in [9.17, 15) is 4.79 Å². The maximum absolute atomic E-state index is 12.0. The minimum absolute atomic E-state index is 0.0292. The second-order valence-corrected chi connectivity index (χ2v) is 4.58. The Morgan fingerprint density at radius 2 is 2.06 bits per heavy atom. The van der Waals surface area contributed by atoms with Gasteiger partial charge in [-0.15, -0.1) is 0 Å². The molecule has 0 spiro atoms. The first-order valence-corrected chi connectivity index (χ1v) is 5.75. The van der Waals surface area contributed by atoms with Crippen LogP contribution in [0.15, 0.2) is 35.6 Å². The summed E-state index contributed by atoms with van der Waals surface area (Å²) in [5.74, 6) is 0. The predicted molar refractivity (Wildman–Crippen MR) is 67.2 cm³/mol. The summed E-state index contributed by atoms with van der Waals surface area (Å²) in [7, 11) is 0. The average molecular weight is 231 g/mol. The predicted octanol–water partition coefficient (Wildman–Crippen LogP) is 1.98. The fourth-order valence-corrected chi connectivity index (χ4v) is 1.84. The molecule has 90 valence electrons. The summed E-state index contributed by atoms with van der Waals surface area (Å²) < 4.78 is 3.43. The van der Waals surface area contributed by atoms with Gasteiger partial charge in [0.2, 0.25) is 0 Å². The van der Waals surface area contributed by atoms with E-state index in [1.54, 1.807) is 15.3 Å². The average Bonchev–Trinajstić information content (AvgIpc) is 2.61. The molecule has 2 aromatic heterocycles. The highest BCUT2D eigenvalue weighted by Crippen LogP contribution is 2.04. The van der Waals surface area contributed by atoms with Crippen LogP contribution in [0.25, 0.3) is 0 Å². The first kappa shape index (κ1) is 11.6. The molecular formula is C13H17N3O. The Labute approximate surface area is 101 Å². The summed E-state index contributed by atoms with van der Waals surface area (Å²) in [6.45, 7) is 6.58. The molecule has 0 fully saturated rings. The number of aromatic nitrogens is 3. The van der Waals surface area contributed by atoms with Gasteiger partial charge in [-0.3, -0.25) is 14.1 Å². The molecule has 0 aromatic carbocycles. The number of hydrogen-bond acceptors (Lipinski definition) is 2. The van der Waals surface area contributed by atoms with Crippen LogP contribution in [0.5, 0.6) is 0 Å². The third kappa shape index (κ3) is 2.46. The van der Waals surface area contributed by atoms with Gasteiger partial charge >= 0.3 is 5.69 Å². The molecule has 4 nitrogen and oxygen atoms in total. The first-order chi connectivity index (χ1) is 8.08. The van der Waals surface area contributed by atoms with Crippen LogP contribution in [0.3, 0.4) is 0 Å². The zero-order valence-electron chi connectivity index (χ0n) is 10.4. The number of aryl methyl sites for hydroxylation is 1. The van der Waals surface area contributed by atoms with Crippen LogP contribution < -0.4 is 5.69 Å². The van der Waals surface area contributed by atoms with Gasteiger partial charge in [0.05, 0.1) is 6.54 Å². The Morgan fingerprint density at radius 3 is 2.65 bits per heavy atom. The lowest BCUT2D eigenvalue weighted by Gasteiger charge is -2.05. The van der Waals surface area contributed by atoms with E-state index in [1.807, 2.05) is 45.4 Å². The van der Waals surface area contributed by atoms with Crippen molar-refractivity contribution in [2.45, 2.75) is 33.4 Å². The van der Waals surface area contributed by atoms with E-state index in [1.165, 1.54) is 0 Å². The molecule has 0 amide bonds. The van der Waals surface area contributed by atoms with Crippen molar-refractivity contribution in [2.75, 3.05) is 0 Å². The van der Waals surface area contributed by atoms with Crippen molar-refractivity contribution in [2.24, 2.45) is 0 Å². The topological polar surface area (TPSA) is 39.8 Å². The molecule has 0 bridgehead atoms. The summed E-state index contributed by atoms with van der Waals surface area (Å²) in [6, 6.07) is 2.24. The lowest BCUT2D eigenvalue weighted by Crippen LogP contribution is -2.25. The van der Waals surface area contributed by atoms with Gasteiger partial charge in [-0.1, -0.05) is 6.07 Å². The van der Waals surface area contributed by atoms with Crippen LogP contribution >= 0.6 is 0 Å². The van der Waals surface area contributed by atoms with Crippen LogP contribution in [0.2, 0.25) is 0 Å². The molecule has 0 radical (unpaired) electrons. The highest BCUT2D eigenvalue weighted by molar-refractivity contribution is 5.16. The molecule has 2 aromatic rings. The molecule has 2 rings (SSSR count). The van der Waals surface area contributed by atoms with E-state index in [0.29, 0.717) is 6.54 Å². The number of pyridine rings is 1. The van der Waals surface area contributed by atoms with Crippen LogP contribution in [0.4, 0.5) is 0 Å². The number of rotatable bonds is 3. The molecule has 0 aliphatic carbocycles. The van der Waals surface area contributed by atoms with Crippen LogP contribution in [-0.4, -0.2) is 14.1 Å². The molecule has 0 aliphatic rings. The zero-order valence-corrected chi connectivity index (χ0v) is 10.4. The Hall–Kier alpha value is -1.84. The molecular weight excluding hydrogens is 214 g/mol. The Bertz CT molecular complexity index is 566. The van der Waals surface area contributed by atoms with Crippen molar-refractivity contribution in [3.63, 3.8) is 0 Å². The van der Waals surface area contributed by atoms with E-state index in [-0.39, 0.29) is 11.7 Å². The SMILES string of the molecule is Cc1cncc(Cn2ccn(C(C)C)c2=O)c1. The molecule has 17 heavy (non-hydrogen) atoms. The maximum Gasteiger partial charge on any atom is 0.328 e. The highest BCUT2D eigenvalue weighted by atomic mass is 16.1. The van der Waals surface area contributed by atoms with Crippen molar-refractivity contribution in [1.82, 2.24) is 14.1 Å². The number of imidazole rings is 1. The van der Waals surface area contributed by atoms with Crippen molar-refractivity contribution in [3.8, 4) is 0 Å². The lowest BCUT2D eigenvalue weighted by atomic mass is 10.2. The van der Waals surface area contributed by atoms with Crippen LogP contribution in [0, 0.1) is 6.92 Å². The van der Waals surface area contributed by atoms with E-state index in [4.69, 9.17) is 0 Å². The van der Waals surface area contributed by atoms with Gasteiger partial charge in [0, 0.05) is 30.8 Å². The summed E-state index contributed by atoms with van der Waals surface area (Å²) in [4.78, 5) is 16.1. The van der Waals surface area contributed by atoms with E-state index in [2.05, 4.69) is 4.98 Å². The first-order valence-electron chi connectivity index (χ1n) is 5.75. The van der Waals surface area contributed by atoms with Gasteiger partial charge in [-0.05, 0) is 31.9 Å². The minimum atomic E-state index is 0.0292. The molecule has 4 heteroatoms. The Balaban J connectivity index is 2.28. The van der Waals surface area contributed by atoms with Gasteiger partial charge in [-0.2, -0.15) is 0 Å². The largest absolute Gasteiger partial charge is 0.328 e. The Kier molecular flexibility index (Phi) is 3.13. The van der Waals surface area contributed by atoms with Gasteiger partial charge < -0.3 is 0 Å². The lowest BCUT2D eigenvalue weighted by molar-refractivity contribution is 0.561. The molecule has 0 saturated heterocycles. The summed E-state index contributed by atoms with van der Waals surface area (Å²) >= 11 is 0. The summed E-state index contributed by atoms with van der Waals surface area (Å²) in [5.41, 5.74) is 2.19. The normalized spacial score (nSPS) is 11.1. The van der Waals surface area contributed by atoms with Crippen molar-refractivity contribution in [3.05, 3.63) is 52.5 Å². The molecule has 2 heterocycles. The second kappa shape index (κ2) is 4.57. The van der Waals surface area contributed by atoms with Crippen molar-refractivity contribution >= 4 is 0 Å².